The predicted molar refractivity (Wildman–Crippen MR) is 131 cm³/mol. The third kappa shape index (κ3) is 4.40. The lowest BCUT2D eigenvalue weighted by atomic mass is 10.1. The average Bonchev–Trinajstić information content (AvgIpc) is 3.28. The number of amides is 2. The van der Waals surface area contributed by atoms with Crippen LogP contribution in [0.3, 0.4) is 0 Å². The number of anilines is 1. The van der Waals surface area contributed by atoms with E-state index in [1.54, 1.807) is 18.0 Å². The molecule has 2 heterocycles. The van der Waals surface area contributed by atoms with Crippen LogP contribution in [0.25, 0.3) is 16.9 Å². The van der Waals surface area contributed by atoms with Gasteiger partial charge in [0.25, 0.3) is 5.91 Å². The lowest BCUT2D eigenvalue weighted by Gasteiger charge is -2.20. The zero-order chi connectivity index (χ0) is 22.8. The second-order valence-corrected chi connectivity index (χ2v) is 8.88. The summed E-state index contributed by atoms with van der Waals surface area (Å²) in [5.41, 5.74) is 4.97. The molecule has 1 aromatic heterocycles. The Hall–Kier alpha value is -3.84. The number of nitrogens with one attached hydrogen (secondary N) is 1. The van der Waals surface area contributed by atoms with Crippen LogP contribution >= 0.6 is 11.8 Å². The Morgan fingerprint density at radius 3 is 2.55 bits per heavy atom. The molecule has 164 valence electrons. The molecule has 4 aromatic rings. The van der Waals surface area contributed by atoms with E-state index in [1.807, 2.05) is 83.7 Å². The van der Waals surface area contributed by atoms with Gasteiger partial charge in [0.15, 0.2) is 0 Å². The van der Waals surface area contributed by atoms with E-state index >= 15 is 0 Å². The fourth-order valence-electron chi connectivity index (χ4n) is 3.84. The molecule has 0 saturated heterocycles. The van der Waals surface area contributed by atoms with Crippen LogP contribution in [-0.4, -0.2) is 39.3 Å². The van der Waals surface area contributed by atoms with Crippen LogP contribution in [0.5, 0.6) is 0 Å². The molecular formula is C26H22N4O2S. The Morgan fingerprint density at radius 1 is 1.06 bits per heavy atom. The van der Waals surface area contributed by atoms with E-state index in [2.05, 4.69) is 5.32 Å². The maximum atomic E-state index is 13.2. The Labute approximate surface area is 196 Å². The number of hydrogen-bond donors (Lipinski definition) is 1. The minimum atomic E-state index is -0.117. The van der Waals surface area contributed by atoms with Crippen molar-refractivity contribution >= 4 is 29.3 Å². The summed E-state index contributed by atoms with van der Waals surface area (Å²) in [6.45, 7) is 0.397. The van der Waals surface area contributed by atoms with Crippen molar-refractivity contribution in [3.63, 3.8) is 0 Å². The fourth-order valence-corrected chi connectivity index (χ4v) is 4.63. The average molecular weight is 455 g/mol. The predicted octanol–water partition coefficient (Wildman–Crippen LogP) is 4.86. The second-order valence-electron chi connectivity index (χ2n) is 7.86. The minimum Gasteiger partial charge on any atom is -0.337 e. The topological polar surface area (TPSA) is 67.2 Å². The molecule has 0 aliphatic carbocycles. The molecular weight excluding hydrogens is 432 g/mol. The third-order valence-corrected chi connectivity index (χ3v) is 6.55. The normalized spacial score (nSPS) is 12.7. The summed E-state index contributed by atoms with van der Waals surface area (Å²) >= 11 is 1.48. The van der Waals surface area contributed by atoms with Crippen molar-refractivity contribution < 1.29 is 9.59 Å². The van der Waals surface area contributed by atoms with Crippen LogP contribution in [0.4, 0.5) is 5.69 Å². The number of carbonyl (C=O) groups excluding carboxylic acids is 2. The SMILES string of the molecule is CN(Cc1cn(-c2ccccc2)nc1-c1ccccc1)C(=O)c1ccc2c(c1)NC(=O)CS2. The first kappa shape index (κ1) is 21.0. The molecule has 2 amide bonds. The van der Waals surface area contributed by atoms with Gasteiger partial charge in [0.2, 0.25) is 5.91 Å². The smallest absolute Gasteiger partial charge is 0.253 e. The highest BCUT2D eigenvalue weighted by atomic mass is 32.2. The first-order valence-corrected chi connectivity index (χ1v) is 11.6. The van der Waals surface area contributed by atoms with Crippen LogP contribution in [0, 0.1) is 0 Å². The molecule has 0 radical (unpaired) electrons. The van der Waals surface area contributed by atoms with Gasteiger partial charge in [-0.1, -0.05) is 48.5 Å². The Balaban J connectivity index is 1.44. The largest absolute Gasteiger partial charge is 0.337 e. The molecule has 1 aliphatic rings. The molecule has 1 N–H and O–H groups in total. The summed E-state index contributed by atoms with van der Waals surface area (Å²) in [6, 6.07) is 25.4. The summed E-state index contributed by atoms with van der Waals surface area (Å²) in [4.78, 5) is 27.6. The van der Waals surface area contributed by atoms with Crippen LogP contribution in [0.2, 0.25) is 0 Å². The van der Waals surface area contributed by atoms with Crippen molar-refractivity contribution in [1.82, 2.24) is 14.7 Å². The van der Waals surface area contributed by atoms with E-state index in [0.29, 0.717) is 23.5 Å². The van der Waals surface area contributed by atoms with Crippen molar-refractivity contribution in [2.45, 2.75) is 11.4 Å². The molecule has 5 rings (SSSR count). The molecule has 0 atom stereocenters. The van der Waals surface area contributed by atoms with Gasteiger partial charge in [-0.15, -0.1) is 11.8 Å². The van der Waals surface area contributed by atoms with Gasteiger partial charge in [-0.05, 0) is 30.3 Å². The van der Waals surface area contributed by atoms with E-state index in [4.69, 9.17) is 5.10 Å². The monoisotopic (exact) mass is 454 g/mol. The van der Waals surface area contributed by atoms with Gasteiger partial charge in [-0.25, -0.2) is 4.68 Å². The number of nitrogens with zero attached hydrogens (tertiary/aromatic N) is 3. The molecule has 0 spiro atoms. The van der Waals surface area contributed by atoms with E-state index < -0.39 is 0 Å². The first-order chi connectivity index (χ1) is 16.1. The zero-order valence-electron chi connectivity index (χ0n) is 18.1. The zero-order valence-corrected chi connectivity index (χ0v) is 18.9. The first-order valence-electron chi connectivity index (χ1n) is 10.6. The number of rotatable bonds is 5. The number of fused-ring (bicyclic) bond motifs is 1. The molecule has 0 unspecified atom stereocenters. The molecule has 1 aliphatic heterocycles. The van der Waals surface area contributed by atoms with Crippen molar-refractivity contribution in [2.75, 3.05) is 18.1 Å². The summed E-state index contributed by atoms with van der Waals surface area (Å²) in [6.07, 6.45) is 1.98. The van der Waals surface area contributed by atoms with E-state index in [9.17, 15) is 9.59 Å². The van der Waals surface area contributed by atoms with Gasteiger partial charge < -0.3 is 10.2 Å². The summed E-state index contributed by atoms with van der Waals surface area (Å²) in [5.74, 6) is 0.230. The summed E-state index contributed by atoms with van der Waals surface area (Å²) in [5, 5.41) is 7.68. The van der Waals surface area contributed by atoms with Gasteiger partial charge >= 0.3 is 0 Å². The fraction of sp³-hybridized carbons (Fsp3) is 0.115. The highest BCUT2D eigenvalue weighted by molar-refractivity contribution is 8.00. The molecule has 6 nitrogen and oxygen atoms in total. The van der Waals surface area contributed by atoms with E-state index in [-0.39, 0.29) is 11.8 Å². The molecule has 7 heteroatoms. The van der Waals surface area contributed by atoms with Gasteiger partial charge in [0, 0.05) is 41.4 Å². The number of thioether (sulfide) groups is 1. The molecule has 0 fully saturated rings. The van der Waals surface area contributed by atoms with Gasteiger partial charge in [-0.2, -0.15) is 5.10 Å². The molecule has 3 aromatic carbocycles. The van der Waals surface area contributed by atoms with Gasteiger partial charge in [0.1, 0.15) is 0 Å². The number of para-hydroxylation sites is 1. The van der Waals surface area contributed by atoms with Crippen molar-refractivity contribution in [3.05, 3.63) is 96.2 Å². The van der Waals surface area contributed by atoms with Gasteiger partial charge in [-0.3, -0.25) is 9.59 Å². The summed E-state index contributed by atoms with van der Waals surface area (Å²) in [7, 11) is 1.78. The quantitative estimate of drug-likeness (QED) is 0.468. The number of hydrogen-bond acceptors (Lipinski definition) is 4. The van der Waals surface area contributed by atoms with Crippen molar-refractivity contribution in [3.8, 4) is 16.9 Å². The summed E-state index contributed by atoms with van der Waals surface area (Å²) < 4.78 is 1.85. The van der Waals surface area contributed by atoms with Crippen LogP contribution in [0.15, 0.2) is 90.0 Å². The maximum absolute atomic E-state index is 13.2. The Kier molecular flexibility index (Phi) is 5.71. The van der Waals surface area contributed by atoms with Crippen LogP contribution < -0.4 is 5.32 Å². The van der Waals surface area contributed by atoms with Crippen LogP contribution in [0.1, 0.15) is 15.9 Å². The maximum Gasteiger partial charge on any atom is 0.253 e. The minimum absolute atomic E-state index is 0.0497. The highest BCUT2D eigenvalue weighted by Gasteiger charge is 2.21. The van der Waals surface area contributed by atoms with E-state index in [1.165, 1.54) is 11.8 Å². The van der Waals surface area contributed by atoms with Crippen LogP contribution in [-0.2, 0) is 11.3 Å². The van der Waals surface area contributed by atoms with E-state index in [0.717, 1.165) is 27.4 Å². The highest BCUT2D eigenvalue weighted by Crippen LogP contribution is 2.32. The van der Waals surface area contributed by atoms with Crippen molar-refractivity contribution in [1.29, 1.82) is 0 Å². The lowest BCUT2D eigenvalue weighted by molar-refractivity contribution is -0.113. The number of benzene rings is 3. The number of aromatic nitrogens is 2. The van der Waals surface area contributed by atoms with Gasteiger partial charge in [0.05, 0.1) is 22.8 Å². The lowest BCUT2D eigenvalue weighted by Crippen LogP contribution is -2.27. The molecule has 0 bridgehead atoms. The van der Waals surface area contributed by atoms with Crippen molar-refractivity contribution in [2.24, 2.45) is 0 Å². The second kappa shape index (κ2) is 8.96. The Bertz CT molecular complexity index is 1320. The number of carbonyl (C=O) groups is 2. The third-order valence-electron chi connectivity index (χ3n) is 5.47. The Morgan fingerprint density at radius 2 is 1.79 bits per heavy atom. The molecule has 0 saturated carbocycles. The molecule has 33 heavy (non-hydrogen) atoms. The standard InChI is InChI=1S/C26H22N4O2S/c1-29(26(32)19-12-13-23-22(14-19)27-24(31)17-33-23)15-20-16-30(21-10-6-3-7-11-21)28-25(20)18-8-4-2-5-9-18/h2-14,16H,15,17H2,1H3,(H,27,31).